The van der Waals surface area contributed by atoms with Crippen LogP contribution in [0, 0.1) is 11.3 Å². The van der Waals surface area contributed by atoms with Crippen LogP contribution < -0.4 is 5.32 Å². The molecule has 1 aliphatic heterocycles. The number of aromatic hydroxyl groups is 1. The average Bonchev–Trinajstić information content (AvgIpc) is 2.70. The summed E-state index contributed by atoms with van der Waals surface area (Å²) in [6, 6.07) is 12.1. The Morgan fingerprint density at radius 3 is 2.86 bits per heavy atom. The summed E-state index contributed by atoms with van der Waals surface area (Å²) >= 11 is 6.33. The van der Waals surface area contributed by atoms with Crippen molar-refractivity contribution in [1.29, 1.82) is 5.26 Å². The number of amides is 1. The number of anilines is 1. The summed E-state index contributed by atoms with van der Waals surface area (Å²) in [5.74, 6) is -0.419. The van der Waals surface area contributed by atoms with Crippen molar-refractivity contribution in [2.45, 2.75) is 19.5 Å². The molecule has 1 amide bonds. The molecule has 7 heteroatoms. The van der Waals surface area contributed by atoms with Gasteiger partial charge in [-0.1, -0.05) is 17.7 Å². The molecule has 1 fully saturated rings. The normalized spacial score (nSPS) is 17.9. The van der Waals surface area contributed by atoms with E-state index in [0.717, 1.165) is 19.6 Å². The van der Waals surface area contributed by atoms with E-state index in [4.69, 9.17) is 16.9 Å². The minimum atomic E-state index is -0.395. The first-order valence-corrected chi connectivity index (χ1v) is 9.51. The summed E-state index contributed by atoms with van der Waals surface area (Å²) < 4.78 is 0. The molecule has 146 valence electrons. The Morgan fingerprint density at radius 2 is 2.14 bits per heavy atom. The minimum absolute atomic E-state index is 0.0242. The van der Waals surface area contributed by atoms with Crippen molar-refractivity contribution in [2.24, 2.45) is 0 Å². The molecule has 1 saturated heterocycles. The number of nitrogens with zero attached hydrogens (tertiary/aromatic N) is 3. The quantitative estimate of drug-likeness (QED) is 0.772. The molecular formula is C21H23ClN4O2. The highest BCUT2D eigenvalue weighted by Crippen LogP contribution is 2.35. The summed E-state index contributed by atoms with van der Waals surface area (Å²) in [7, 11) is 2.10. The molecular weight excluding hydrogens is 376 g/mol. The third-order valence-electron chi connectivity index (χ3n) is 5.15. The molecule has 0 aromatic heterocycles. The lowest BCUT2D eigenvalue weighted by molar-refractivity contribution is 0.0994. The number of carbonyl (C=O) groups excluding carboxylic acids is 1. The van der Waals surface area contributed by atoms with Crippen molar-refractivity contribution < 1.29 is 9.90 Å². The van der Waals surface area contributed by atoms with E-state index in [2.05, 4.69) is 29.1 Å². The number of nitriles is 1. The van der Waals surface area contributed by atoms with E-state index in [-0.39, 0.29) is 5.75 Å². The third-order valence-corrected chi connectivity index (χ3v) is 5.51. The first-order valence-electron chi connectivity index (χ1n) is 9.13. The van der Waals surface area contributed by atoms with Crippen molar-refractivity contribution >= 4 is 23.2 Å². The molecule has 0 radical (unpaired) electrons. The van der Waals surface area contributed by atoms with Crippen LogP contribution in [0.2, 0.25) is 5.02 Å². The number of hydrogen-bond donors (Lipinski definition) is 2. The zero-order chi connectivity index (χ0) is 20.3. The number of phenolic OH excluding ortho intramolecular Hbond substituents is 1. The maximum Gasteiger partial charge on any atom is 0.255 e. The summed E-state index contributed by atoms with van der Waals surface area (Å²) in [6.07, 6.45) is 0. The van der Waals surface area contributed by atoms with Crippen LogP contribution in [-0.4, -0.2) is 53.5 Å². The number of phenols is 1. The maximum absolute atomic E-state index is 12.5. The van der Waals surface area contributed by atoms with E-state index >= 15 is 0 Å². The second kappa shape index (κ2) is 8.61. The van der Waals surface area contributed by atoms with Crippen molar-refractivity contribution in [3.63, 3.8) is 0 Å². The number of nitrogens with one attached hydrogen (secondary N) is 1. The Morgan fingerprint density at radius 1 is 1.36 bits per heavy atom. The Kier molecular flexibility index (Phi) is 6.20. The van der Waals surface area contributed by atoms with Crippen LogP contribution in [0.4, 0.5) is 5.69 Å². The number of piperazine rings is 1. The van der Waals surface area contributed by atoms with Crippen molar-refractivity contribution in [3.8, 4) is 11.8 Å². The summed E-state index contributed by atoms with van der Waals surface area (Å²) in [4.78, 5) is 17.1. The highest BCUT2D eigenvalue weighted by molar-refractivity contribution is 6.31. The molecule has 28 heavy (non-hydrogen) atoms. The fraction of sp³-hybridized carbons (Fsp3) is 0.333. The lowest BCUT2D eigenvalue weighted by atomic mass is 10.1. The van der Waals surface area contributed by atoms with Crippen LogP contribution in [-0.2, 0) is 6.54 Å². The number of carbonyl (C=O) groups is 1. The second-order valence-electron chi connectivity index (χ2n) is 7.13. The van der Waals surface area contributed by atoms with Crippen LogP contribution in [0.5, 0.6) is 5.75 Å². The lowest BCUT2D eigenvalue weighted by Crippen LogP contribution is -2.49. The molecule has 2 N–H and O–H groups in total. The SMILES string of the molecule is C[C@H]1CN(Cc2c(Cl)ccc(NC(=O)c3cccc(C#N)c3)c2O)CCN1C. The van der Waals surface area contributed by atoms with Gasteiger partial charge in [-0.3, -0.25) is 9.69 Å². The molecule has 0 bridgehead atoms. The van der Waals surface area contributed by atoms with Gasteiger partial charge in [0.15, 0.2) is 0 Å². The predicted molar refractivity (Wildman–Crippen MR) is 110 cm³/mol. The van der Waals surface area contributed by atoms with Crippen molar-refractivity contribution in [1.82, 2.24) is 9.80 Å². The first-order chi connectivity index (χ1) is 13.4. The minimum Gasteiger partial charge on any atom is -0.505 e. The van der Waals surface area contributed by atoms with Crippen LogP contribution in [0.15, 0.2) is 36.4 Å². The standard InChI is InChI=1S/C21H23ClN4O2/c1-14-12-26(9-8-25(14)2)13-17-18(22)6-7-19(20(17)27)24-21(28)16-5-3-4-15(10-16)11-23/h3-7,10,14,27H,8-9,12-13H2,1-2H3,(H,24,28)/t14-/m0/s1. The largest absolute Gasteiger partial charge is 0.505 e. The van der Waals surface area contributed by atoms with E-state index in [1.54, 1.807) is 30.3 Å². The molecule has 1 heterocycles. The van der Waals surface area contributed by atoms with Gasteiger partial charge in [0.05, 0.1) is 17.3 Å². The van der Waals surface area contributed by atoms with Gasteiger partial charge < -0.3 is 15.3 Å². The highest BCUT2D eigenvalue weighted by atomic mass is 35.5. The zero-order valence-electron chi connectivity index (χ0n) is 15.9. The molecule has 2 aromatic rings. The Balaban J connectivity index is 1.79. The van der Waals surface area contributed by atoms with Crippen LogP contribution in [0.1, 0.15) is 28.4 Å². The molecule has 1 aliphatic rings. The molecule has 6 nitrogen and oxygen atoms in total. The summed E-state index contributed by atoms with van der Waals surface area (Å²) in [6.45, 7) is 5.39. The zero-order valence-corrected chi connectivity index (χ0v) is 16.7. The van der Waals surface area contributed by atoms with E-state index in [0.29, 0.717) is 40.0 Å². The molecule has 0 saturated carbocycles. The van der Waals surface area contributed by atoms with Gasteiger partial charge in [0.25, 0.3) is 5.91 Å². The summed E-state index contributed by atoms with van der Waals surface area (Å²) in [5, 5.41) is 22.9. The van der Waals surface area contributed by atoms with E-state index < -0.39 is 5.91 Å². The number of rotatable bonds is 4. The van der Waals surface area contributed by atoms with Gasteiger partial charge in [0.1, 0.15) is 5.75 Å². The third kappa shape index (κ3) is 4.45. The van der Waals surface area contributed by atoms with Gasteiger partial charge in [-0.15, -0.1) is 0 Å². The number of likely N-dealkylation sites (N-methyl/N-ethyl adjacent to an activating group) is 1. The first kappa shape index (κ1) is 20.2. The molecule has 0 spiro atoms. The van der Waals surface area contributed by atoms with Crippen LogP contribution >= 0.6 is 11.6 Å². The van der Waals surface area contributed by atoms with Gasteiger partial charge in [-0.05, 0) is 44.3 Å². The second-order valence-corrected chi connectivity index (χ2v) is 7.54. The molecule has 0 aliphatic carbocycles. The average molecular weight is 399 g/mol. The van der Waals surface area contributed by atoms with E-state index in [1.165, 1.54) is 6.07 Å². The van der Waals surface area contributed by atoms with Crippen molar-refractivity contribution in [3.05, 3.63) is 58.1 Å². The number of halogens is 1. The number of hydrogen-bond acceptors (Lipinski definition) is 5. The fourth-order valence-electron chi connectivity index (χ4n) is 3.28. The highest BCUT2D eigenvalue weighted by Gasteiger charge is 2.23. The van der Waals surface area contributed by atoms with Crippen LogP contribution in [0.3, 0.4) is 0 Å². The topological polar surface area (TPSA) is 79.6 Å². The van der Waals surface area contributed by atoms with Gasteiger partial charge >= 0.3 is 0 Å². The van der Waals surface area contributed by atoms with Crippen LogP contribution in [0.25, 0.3) is 0 Å². The van der Waals surface area contributed by atoms with Gasteiger partial charge in [0, 0.05) is 48.4 Å². The van der Waals surface area contributed by atoms with Gasteiger partial charge in [0.2, 0.25) is 0 Å². The Labute approximate surface area is 169 Å². The smallest absolute Gasteiger partial charge is 0.255 e. The molecule has 0 unspecified atom stereocenters. The Hall–Kier alpha value is -2.59. The number of benzene rings is 2. The molecule has 2 aromatic carbocycles. The Bertz CT molecular complexity index is 925. The van der Waals surface area contributed by atoms with Crippen molar-refractivity contribution in [2.75, 3.05) is 32.0 Å². The molecule has 3 rings (SSSR count). The molecule has 1 atom stereocenters. The summed E-state index contributed by atoms with van der Waals surface area (Å²) in [5.41, 5.74) is 1.65. The van der Waals surface area contributed by atoms with Gasteiger partial charge in [-0.2, -0.15) is 5.26 Å². The van der Waals surface area contributed by atoms with Gasteiger partial charge in [-0.25, -0.2) is 0 Å². The van der Waals surface area contributed by atoms with E-state index in [9.17, 15) is 9.90 Å². The lowest BCUT2D eigenvalue weighted by Gasteiger charge is -2.37. The van der Waals surface area contributed by atoms with E-state index in [1.807, 2.05) is 6.07 Å². The fourth-order valence-corrected chi connectivity index (χ4v) is 3.49. The predicted octanol–water partition coefficient (Wildman–Crippen LogP) is 3.31. The maximum atomic E-state index is 12.5. The monoisotopic (exact) mass is 398 g/mol.